The lowest BCUT2D eigenvalue weighted by Gasteiger charge is -2.08. The summed E-state index contributed by atoms with van der Waals surface area (Å²) >= 11 is 4.71. The molecule has 2 aromatic rings. The Morgan fingerprint density at radius 3 is 2.84 bits per heavy atom. The molecule has 102 valence electrons. The first-order valence-corrected chi connectivity index (χ1v) is 8.50. The zero-order valence-corrected chi connectivity index (χ0v) is 13.3. The Balaban J connectivity index is 2.20. The number of anilines is 1. The van der Waals surface area contributed by atoms with Crippen molar-refractivity contribution in [3.8, 4) is 0 Å². The van der Waals surface area contributed by atoms with Gasteiger partial charge >= 0.3 is 0 Å². The summed E-state index contributed by atoms with van der Waals surface area (Å²) in [6, 6.07) is 4.72. The first-order valence-electron chi connectivity index (χ1n) is 5.34. The molecule has 0 atom stereocenters. The molecule has 3 N–H and O–H groups in total. The van der Waals surface area contributed by atoms with E-state index < -0.39 is 10.0 Å². The van der Waals surface area contributed by atoms with Crippen LogP contribution in [-0.2, 0) is 16.6 Å². The number of hydrogen-bond donors (Lipinski definition) is 2. The van der Waals surface area contributed by atoms with E-state index in [0.717, 1.165) is 5.01 Å². The second-order valence-electron chi connectivity index (χ2n) is 3.86. The largest absolute Gasteiger partial charge is 0.398 e. The monoisotopic (exact) mass is 361 g/mol. The summed E-state index contributed by atoms with van der Waals surface area (Å²) in [6.07, 6.45) is 0. The molecular weight excluding hydrogens is 350 g/mol. The van der Waals surface area contributed by atoms with E-state index in [-0.39, 0.29) is 17.1 Å². The second-order valence-corrected chi connectivity index (χ2v) is 7.58. The predicted octanol–water partition coefficient (Wildman–Crippen LogP) is 2.27. The number of nitrogens with zero attached hydrogens (tertiary/aromatic N) is 1. The van der Waals surface area contributed by atoms with E-state index >= 15 is 0 Å². The van der Waals surface area contributed by atoms with Crippen molar-refractivity contribution in [1.82, 2.24) is 9.71 Å². The topological polar surface area (TPSA) is 85.1 Å². The van der Waals surface area contributed by atoms with Crippen LogP contribution in [0.3, 0.4) is 0 Å². The number of aromatic nitrogens is 1. The molecule has 0 aliphatic heterocycles. The van der Waals surface area contributed by atoms with Gasteiger partial charge in [-0.15, -0.1) is 11.3 Å². The number of rotatable bonds is 4. The fraction of sp³-hybridized carbons (Fsp3) is 0.182. The van der Waals surface area contributed by atoms with Crippen molar-refractivity contribution in [2.45, 2.75) is 18.4 Å². The van der Waals surface area contributed by atoms with Gasteiger partial charge in [0, 0.05) is 9.85 Å². The molecule has 0 aliphatic rings. The number of nitrogens with two attached hydrogens (primary N) is 1. The van der Waals surface area contributed by atoms with E-state index in [2.05, 4.69) is 25.6 Å². The van der Waals surface area contributed by atoms with Crippen molar-refractivity contribution in [1.29, 1.82) is 0 Å². The summed E-state index contributed by atoms with van der Waals surface area (Å²) in [4.78, 5) is 4.26. The van der Waals surface area contributed by atoms with Gasteiger partial charge in [-0.1, -0.05) is 15.9 Å². The minimum atomic E-state index is -3.64. The van der Waals surface area contributed by atoms with Gasteiger partial charge in [0.25, 0.3) is 0 Å². The average Bonchev–Trinajstić information content (AvgIpc) is 2.76. The van der Waals surface area contributed by atoms with Gasteiger partial charge in [-0.25, -0.2) is 18.1 Å². The van der Waals surface area contributed by atoms with Crippen LogP contribution in [0.2, 0.25) is 0 Å². The first-order chi connectivity index (χ1) is 8.88. The Bertz CT molecular complexity index is 698. The van der Waals surface area contributed by atoms with Gasteiger partial charge in [0.1, 0.15) is 4.90 Å². The maximum atomic E-state index is 12.1. The molecule has 19 heavy (non-hydrogen) atoms. The minimum Gasteiger partial charge on any atom is -0.398 e. The summed E-state index contributed by atoms with van der Waals surface area (Å²) in [5.74, 6) is 0. The van der Waals surface area contributed by atoms with Crippen LogP contribution < -0.4 is 10.5 Å². The van der Waals surface area contributed by atoms with Crippen LogP contribution in [0.15, 0.2) is 32.9 Å². The van der Waals surface area contributed by atoms with Crippen molar-refractivity contribution in [3.63, 3.8) is 0 Å². The van der Waals surface area contributed by atoms with Crippen molar-refractivity contribution in [2.24, 2.45) is 0 Å². The highest BCUT2D eigenvalue weighted by Crippen LogP contribution is 2.23. The third-order valence-corrected chi connectivity index (χ3v) is 5.15. The van der Waals surface area contributed by atoms with E-state index in [1.54, 1.807) is 12.1 Å². The number of nitrogen functional groups attached to an aromatic ring is 1. The number of sulfonamides is 1. The van der Waals surface area contributed by atoms with Crippen LogP contribution in [-0.4, -0.2) is 13.4 Å². The summed E-state index contributed by atoms with van der Waals surface area (Å²) in [6.45, 7) is 2.02. The molecule has 0 spiro atoms. The summed E-state index contributed by atoms with van der Waals surface area (Å²) in [5.41, 5.74) is 6.60. The van der Waals surface area contributed by atoms with E-state index in [9.17, 15) is 8.42 Å². The highest BCUT2D eigenvalue weighted by atomic mass is 79.9. The van der Waals surface area contributed by atoms with Crippen molar-refractivity contribution >= 4 is 43.0 Å². The number of aryl methyl sites for hydroxylation is 1. The van der Waals surface area contributed by atoms with Crippen LogP contribution >= 0.6 is 27.3 Å². The normalized spacial score (nSPS) is 11.7. The second kappa shape index (κ2) is 5.58. The number of thiazole rings is 1. The molecular formula is C11H12BrN3O2S2. The van der Waals surface area contributed by atoms with Gasteiger partial charge in [0.05, 0.1) is 22.9 Å². The summed E-state index contributed by atoms with van der Waals surface area (Å²) < 4.78 is 27.4. The molecule has 1 heterocycles. The Morgan fingerprint density at radius 1 is 1.47 bits per heavy atom. The Morgan fingerprint density at radius 2 is 2.21 bits per heavy atom. The number of halogens is 1. The number of nitrogens with one attached hydrogen (secondary N) is 1. The van der Waals surface area contributed by atoms with Crippen molar-refractivity contribution < 1.29 is 8.42 Å². The average molecular weight is 362 g/mol. The molecule has 0 radical (unpaired) electrons. The van der Waals surface area contributed by atoms with Crippen LogP contribution in [0.5, 0.6) is 0 Å². The summed E-state index contributed by atoms with van der Waals surface area (Å²) in [7, 11) is -3.64. The van der Waals surface area contributed by atoms with Crippen LogP contribution in [0, 0.1) is 6.92 Å². The van der Waals surface area contributed by atoms with Gasteiger partial charge in [0.15, 0.2) is 0 Å². The molecule has 2 rings (SSSR count). The molecule has 0 saturated carbocycles. The van der Waals surface area contributed by atoms with Crippen molar-refractivity contribution in [2.75, 3.05) is 5.73 Å². The number of hydrogen-bond acceptors (Lipinski definition) is 5. The summed E-state index contributed by atoms with van der Waals surface area (Å²) in [5, 5.41) is 2.72. The molecule has 0 amide bonds. The van der Waals surface area contributed by atoms with E-state index in [1.165, 1.54) is 17.4 Å². The third kappa shape index (κ3) is 3.53. The smallest absolute Gasteiger partial charge is 0.243 e. The van der Waals surface area contributed by atoms with Crippen LogP contribution in [0.25, 0.3) is 0 Å². The molecule has 1 aromatic carbocycles. The quantitative estimate of drug-likeness (QED) is 0.818. The van der Waals surface area contributed by atoms with E-state index in [0.29, 0.717) is 10.2 Å². The third-order valence-electron chi connectivity index (χ3n) is 2.38. The molecule has 0 unspecified atom stereocenters. The molecule has 1 aromatic heterocycles. The van der Waals surface area contributed by atoms with Gasteiger partial charge in [0.2, 0.25) is 10.0 Å². The predicted molar refractivity (Wildman–Crippen MR) is 79.4 cm³/mol. The Labute approximate surface area is 124 Å². The maximum Gasteiger partial charge on any atom is 0.243 e. The van der Waals surface area contributed by atoms with E-state index in [1.807, 2.05) is 12.3 Å². The Kier molecular flexibility index (Phi) is 4.24. The lowest BCUT2D eigenvalue weighted by molar-refractivity contribution is 0.581. The van der Waals surface area contributed by atoms with Gasteiger partial charge in [-0.2, -0.15) is 0 Å². The molecule has 5 nitrogen and oxygen atoms in total. The highest BCUT2D eigenvalue weighted by Gasteiger charge is 2.18. The minimum absolute atomic E-state index is 0.0637. The highest BCUT2D eigenvalue weighted by molar-refractivity contribution is 9.10. The lowest BCUT2D eigenvalue weighted by atomic mass is 10.3. The fourth-order valence-corrected chi connectivity index (χ4v) is 3.76. The van der Waals surface area contributed by atoms with Gasteiger partial charge in [-0.3, -0.25) is 0 Å². The molecule has 0 saturated heterocycles. The SMILES string of the molecule is Cc1nc(CNS(=O)(=O)c2cc(Br)ccc2N)cs1. The Hall–Kier alpha value is -0.960. The van der Waals surface area contributed by atoms with Crippen LogP contribution in [0.4, 0.5) is 5.69 Å². The first kappa shape index (κ1) is 14.4. The lowest BCUT2D eigenvalue weighted by Crippen LogP contribution is -2.24. The molecule has 0 bridgehead atoms. The molecule has 8 heteroatoms. The van der Waals surface area contributed by atoms with Gasteiger partial charge in [-0.05, 0) is 25.1 Å². The van der Waals surface area contributed by atoms with Crippen LogP contribution in [0.1, 0.15) is 10.7 Å². The molecule has 0 fully saturated rings. The van der Waals surface area contributed by atoms with E-state index in [4.69, 9.17) is 5.73 Å². The number of benzene rings is 1. The molecule has 0 aliphatic carbocycles. The fourth-order valence-electron chi connectivity index (χ4n) is 1.48. The van der Waals surface area contributed by atoms with Crippen molar-refractivity contribution in [3.05, 3.63) is 38.8 Å². The zero-order valence-electron chi connectivity index (χ0n) is 10.1. The standard InChI is InChI=1S/C11H12BrN3O2S2/c1-7-15-9(6-18-7)5-14-19(16,17)11-4-8(12)2-3-10(11)13/h2-4,6,14H,5,13H2,1H3. The van der Waals surface area contributed by atoms with Gasteiger partial charge < -0.3 is 5.73 Å². The zero-order chi connectivity index (χ0) is 14.0. The maximum absolute atomic E-state index is 12.1.